The fraction of sp³-hybridized carbons (Fsp3) is 0.250. The highest BCUT2D eigenvalue weighted by Gasteiger charge is 2.42. The van der Waals surface area contributed by atoms with Gasteiger partial charge in [0.1, 0.15) is 12.2 Å². The van der Waals surface area contributed by atoms with E-state index in [1.807, 2.05) is 0 Å². The molecule has 1 aliphatic rings. The van der Waals surface area contributed by atoms with Crippen LogP contribution in [0.25, 0.3) is 0 Å². The third kappa shape index (κ3) is 9.67. The summed E-state index contributed by atoms with van der Waals surface area (Å²) in [5, 5.41) is 5.18. The third-order valence-corrected chi connectivity index (χ3v) is 5.65. The molecule has 18 heteroatoms. The SMILES string of the molecule is NC(N)=Nc1cccc(NC(=O)O[C@H]2C[C@@H](OC(=O)Nc3cccc(N=C(N)N)c3)[C@H](N=C(N)N)C[C@@H]2N=C(N)N)c1. The van der Waals surface area contributed by atoms with Gasteiger partial charge in [-0.3, -0.25) is 10.6 Å². The van der Waals surface area contributed by atoms with Gasteiger partial charge in [0.15, 0.2) is 23.8 Å². The molecule has 0 radical (unpaired) electrons. The number of nitrogens with zero attached hydrogens (tertiary/aromatic N) is 4. The van der Waals surface area contributed by atoms with Crippen LogP contribution in [0.2, 0.25) is 0 Å². The average Bonchev–Trinajstić information content (AvgIpc) is 2.85. The lowest BCUT2D eigenvalue weighted by Crippen LogP contribution is -2.49. The van der Waals surface area contributed by atoms with Crippen molar-refractivity contribution >= 4 is 58.8 Å². The van der Waals surface area contributed by atoms with Crippen molar-refractivity contribution in [2.24, 2.45) is 65.8 Å². The molecule has 0 aromatic heterocycles. The van der Waals surface area contributed by atoms with Crippen LogP contribution in [0.1, 0.15) is 12.8 Å². The number of amides is 2. The van der Waals surface area contributed by atoms with E-state index in [2.05, 4.69) is 30.6 Å². The number of rotatable bonds is 8. The van der Waals surface area contributed by atoms with E-state index in [4.69, 9.17) is 55.3 Å². The van der Waals surface area contributed by atoms with Gasteiger partial charge in [-0.1, -0.05) is 12.1 Å². The van der Waals surface area contributed by atoms with Crippen LogP contribution < -0.4 is 56.5 Å². The number of carbonyl (C=O) groups excluding carboxylic acids is 2. The highest BCUT2D eigenvalue weighted by molar-refractivity contribution is 5.87. The lowest BCUT2D eigenvalue weighted by Gasteiger charge is -2.37. The zero-order valence-corrected chi connectivity index (χ0v) is 22.4. The molecule has 0 bridgehead atoms. The molecule has 2 aromatic rings. The molecule has 4 atom stereocenters. The van der Waals surface area contributed by atoms with E-state index in [0.717, 1.165) is 0 Å². The molecule has 0 unspecified atom stereocenters. The average molecular weight is 583 g/mol. The Labute approximate surface area is 240 Å². The second kappa shape index (κ2) is 13.9. The van der Waals surface area contributed by atoms with Crippen LogP contribution in [0, 0.1) is 0 Å². The molecule has 0 aliphatic heterocycles. The van der Waals surface area contributed by atoms with E-state index in [1.165, 1.54) is 12.1 Å². The molecule has 1 fully saturated rings. The van der Waals surface area contributed by atoms with Crippen molar-refractivity contribution in [3.05, 3.63) is 48.5 Å². The summed E-state index contributed by atoms with van der Waals surface area (Å²) < 4.78 is 11.3. The minimum atomic E-state index is -0.943. The van der Waals surface area contributed by atoms with Crippen LogP contribution in [0.4, 0.5) is 32.3 Å². The summed E-state index contributed by atoms with van der Waals surface area (Å²) in [6.45, 7) is 0. The molecule has 18 nitrogen and oxygen atoms in total. The van der Waals surface area contributed by atoms with Crippen LogP contribution in [0.5, 0.6) is 0 Å². The van der Waals surface area contributed by atoms with Gasteiger partial charge in [0.05, 0.1) is 23.5 Å². The predicted molar refractivity (Wildman–Crippen MR) is 160 cm³/mol. The van der Waals surface area contributed by atoms with Crippen LogP contribution in [-0.2, 0) is 9.47 Å². The first kappa shape index (κ1) is 30.6. The largest absolute Gasteiger partial charge is 0.444 e. The van der Waals surface area contributed by atoms with Crippen molar-refractivity contribution in [2.75, 3.05) is 10.6 Å². The molecular weight excluding hydrogens is 548 g/mol. The zero-order chi connectivity index (χ0) is 30.8. The highest BCUT2D eigenvalue weighted by Crippen LogP contribution is 2.30. The lowest BCUT2D eigenvalue weighted by atomic mass is 9.86. The summed E-state index contributed by atoms with van der Waals surface area (Å²) in [4.78, 5) is 41.9. The Hall–Kier alpha value is -5.94. The maximum absolute atomic E-state index is 12.8. The molecule has 0 heterocycles. The lowest BCUT2D eigenvalue weighted by molar-refractivity contribution is 0.000157. The molecule has 18 N–H and O–H groups in total. The summed E-state index contributed by atoms with van der Waals surface area (Å²) in [6.07, 6.45) is -3.53. The van der Waals surface area contributed by atoms with Gasteiger partial charge < -0.3 is 55.3 Å². The van der Waals surface area contributed by atoms with Crippen LogP contribution in [0.3, 0.4) is 0 Å². The van der Waals surface area contributed by atoms with E-state index in [9.17, 15) is 9.59 Å². The van der Waals surface area contributed by atoms with Gasteiger partial charge in [-0.2, -0.15) is 0 Å². The van der Waals surface area contributed by atoms with Crippen molar-refractivity contribution < 1.29 is 19.1 Å². The van der Waals surface area contributed by atoms with Gasteiger partial charge >= 0.3 is 12.2 Å². The van der Waals surface area contributed by atoms with Crippen LogP contribution in [0.15, 0.2) is 68.5 Å². The summed E-state index contributed by atoms with van der Waals surface area (Å²) in [5.74, 6) is -0.798. The topological polar surface area (TPSA) is 334 Å². The molecule has 224 valence electrons. The smallest absolute Gasteiger partial charge is 0.411 e. The molecule has 0 spiro atoms. The third-order valence-electron chi connectivity index (χ3n) is 5.65. The zero-order valence-electron chi connectivity index (χ0n) is 22.4. The molecular formula is C24H34N14O4. The summed E-state index contributed by atoms with van der Waals surface area (Å²) >= 11 is 0. The van der Waals surface area contributed by atoms with Crippen LogP contribution in [-0.4, -0.2) is 60.3 Å². The Kier molecular flexibility index (Phi) is 10.1. The van der Waals surface area contributed by atoms with Crippen molar-refractivity contribution in [1.29, 1.82) is 0 Å². The Bertz CT molecular complexity index is 1290. The normalized spacial score (nSPS) is 19.2. The Morgan fingerprint density at radius 1 is 0.619 bits per heavy atom. The number of ether oxygens (including phenoxy) is 2. The van der Waals surface area contributed by atoms with Gasteiger partial charge in [-0.15, -0.1) is 0 Å². The molecule has 42 heavy (non-hydrogen) atoms. The number of nitrogens with two attached hydrogens (primary N) is 8. The molecule has 2 amide bonds. The second-order valence-electron chi connectivity index (χ2n) is 9.03. The quantitative estimate of drug-likeness (QED) is 0.134. The van der Waals surface area contributed by atoms with E-state index in [0.29, 0.717) is 22.7 Å². The van der Waals surface area contributed by atoms with Gasteiger partial charge in [0.2, 0.25) is 0 Å². The first-order chi connectivity index (χ1) is 19.9. The van der Waals surface area contributed by atoms with E-state index >= 15 is 0 Å². The summed E-state index contributed by atoms with van der Waals surface area (Å²) in [6, 6.07) is 11.3. The maximum atomic E-state index is 12.8. The Morgan fingerprint density at radius 3 is 1.38 bits per heavy atom. The van der Waals surface area contributed by atoms with Crippen molar-refractivity contribution in [1.82, 2.24) is 0 Å². The molecule has 2 aromatic carbocycles. The number of aliphatic imine (C=N–C) groups is 4. The Morgan fingerprint density at radius 2 is 1.02 bits per heavy atom. The number of carbonyl (C=O) groups is 2. The van der Waals surface area contributed by atoms with Crippen LogP contribution >= 0.6 is 0 Å². The second-order valence-corrected chi connectivity index (χ2v) is 9.03. The van der Waals surface area contributed by atoms with E-state index < -0.39 is 36.5 Å². The number of nitrogens with one attached hydrogen (secondary N) is 2. The monoisotopic (exact) mass is 582 g/mol. The van der Waals surface area contributed by atoms with Gasteiger partial charge in [0, 0.05) is 17.8 Å². The number of hydrogen-bond donors (Lipinski definition) is 10. The molecule has 1 aliphatic carbocycles. The fourth-order valence-electron chi connectivity index (χ4n) is 4.18. The van der Waals surface area contributed by atoms with Crippen molar-refractivity contribution in [3.63, 3.8) is 0 Å². The predicted octanol–water partition coefficient (Wildman–Crippen LogP) is -0.891. The molecule has 3 rings (SSSR count). The van der Waals surface area contributed by atoms with Crippen molar-refractivity contribution in [2.45, 2.75) is 37.1 Å². The maximum Gasteiger partial charge on any atom is 0.411 e. The summed E-state index contributed by atoms with van der Waals surface area (Å²) in [7, 11) is 0. The standard InChI is InChI=1S/C24H34N14O4/c25-19(26)33-11-3-1-5-13(7-11)35-23(39)41-17-10-18(16(38-22(31)32)9-15(17)37-21(29)30)42-24(40)36-14-6-2-4-12(8-14)34-20(27)28/h1-8,15-18H,9-10H2,(H,35,39)(H,36,40)(H4,25,26,33)(H4,27,28,34)(H4,29,30,37)(H4,31,32,38)/t15-,16+,17-,18+. The first-order valence-electron chi connectivity index (χ1n) is 12.4. The number of anilines is 2. The highest BCUT2D eigenvalue weighted by atomic mass is 16.6. The van der Waals surface area contributed by atoms with Gasteiger partial charge in [0.25, 0.3) is 0 Å². The number of hydrogen-bond acceptors (Lipinski definition) is 8. The van der Waals surface area contributed by atoms with Gasteiger partial charge in [-0.25, -0.2) is 29.6 Å². The van der Waals surface area contributed by atoms with Crippen molar-refractivity contribution in [3.8, 4) is 0 Å². The number of guanidine groups is 4. The van der Waals surface area contributed by atoms with E-state index in [-0.39, 0.29) is 36.7 Å². The fourth-order valence-corrected chi connectivity index (χ4v) is 4.18. The van der Waals surface area contributed by atoms with Gasteiger partial charge in [-0.05, 0) is 42.8 Å². The van der Waals surface area contributed by atoms with E-state index in [1.54, 1.807) is 36.4 Å². The minimum Gasteiger partial charge on any atom is -0.444 e. The summed E-state index contributed by atoms with van der Waals surface area (Å²) in [5.41, 5.74) is 45.7. The molecule has 0 saturated heterocycles. The molecule has 1 saturated carbocycles. The Balaban J connectivity index is 1.78. The first-order valence-corrected chi connectivity index (χ1v) is 12.4. The minimum absolute atomic E-state index is 0.0498. The number of benzene rings is 2.